The van der Waals surface area contributed by atoms with Crippen molar-refractivity contribution in [2.75, 3.05) is 7.11 Å². The molecule has 2 heterocycles. The summed E-state index contributed by atoms with van der Waals surface area (Å²) in [5, 5.41) is 9.60. The van der Waals surface area contributed by atoms with E-state index in [1.54, 1.807) is 11.3 Å². The lowest BCUT2D eigenvalue weighted by molar-refractivity contribution is -0.0688. The molecule has 0 amide bonds. The van der Waals surface area contributed by atoms with Gasteiger partial charge in [0.2, 0.25) is 6.29 Å². The van der Waals surface area contributed by atoms with Gasteiger partial charge in [-0.1, -0.05) is 0 Å². The molecular formula is C17H16O6S. The van der Waals surface area contributed by atoms with Crippen LogP contribution in [0.2, 0.25) is 0 Å². The van der Waals surface area contributed by atoms with Crippen LogP contribution in [-0.4, -0.2) is 30.8 Å². The van der Waals surface area contributed by atoms with Crippen LogP contribution in [0.4, 0.5) is 0 Å². The summed E-state index contributed by atoms with van der Waals surface area (Å²) in [6.45, 7) is 2.29. The van der Waals surface area contributed by atoms with Gasteiger partial charge in [-0.15, -0.1) is 11.3 Å². The predicted octanol–water partition coefficient (Wildman–Crippen LogP) is 2.49. The highest BCUT2D eigenvalue weighted by molar-refractivity contribution is 7.11. The van der Waals surface area contributed by atoms with Crippen molar-refractivity contribution in [3.05, 3.63) is 44.6 Å². The SMILES string of the molecule is COc1c(OCc2ccc(C)s2)cc2c(c1C=O)CC(O)OC2=O. The molecule has 0 fully saturated rings. The van der Waals surface area contributed by atoms with E-state index in [0.717, 1.165) is 9.75 Å². The van der Waals surface area contributed by atoms with E-state index in [9.17, 15) is 14.7 Å². The van der Waals surface area contributed by atoms with Crippen molar-refractivity contribution < 1.29 is 28.9 Å². The number of hydrogen-bond donors (Lipinski definition) is 1. The fraction of sp³-hybridized carbons (Fsp3) is 0.294. The second-order valence-corrected chi connectivity index (χ2v) is 6.70. The Hall–Kier alpha value is -2.38. The maximum Gasteiger partial charge on any atom is 0.340 e. The van der Waals surface area contributed by atoms with Crippen LogP contribution in [0.1, 0.15) is 36.0 Å². The van der Waals surface area contributed by atoms with Crippen LogP contribution in [0.25, 0.3) is 0 Å². The normalized spacial score (nSPS) is 16.3. The first-order valence-electron chi connectivity index (χ1n) is 7.29. The molecule has 0 saturated heterocycles. The van der Waals surface area contributed by atoms with Crippen LogP contribution in [0.5, 0.6) is 11.5 Å². The number of aliphatic hydroxyl groups excluding tert-OH is 1. The molecule has 2 aromatic rings. The average Bonchev–Trinajstić information content (AvgIpc) is 2.97. The predicted molar refractivity (Wildman–Crippen MR) is 86.9 cm³/mol. The number of thiophene rings is 1. The molecule has 0 spiro atoms. The van der Waals surface area contributed by atoms with E-state index in [1.165, 1.54) is 13.2 Å². The summed E-state index contributed by atoms with van der Waals surface area (Å²) >= 11 is 1.60. The molecule has 126 valence electrons. The molecule has 0 bridgehead atoms. The van der Waals surface area contributed by atoms with Gasteiger partial charge < -0.3 is 19.3 Å². The Bertz CT molecular complexity index is 795. The molecule has 6 nitrogen and oxygen atoms in total. The number of aldehydes is 1. The van der Waals surface area contributed by atoms with E-state index >= 15 is 0 Å². The number of carbonyl (C=O) groups excluding carboxylic acids is 2. The van der Waals surface area contributed by atoms with Crippen LogP contribution < -0.4 is 9.47 Å². The molecule has 1 N–H and O–H groups in total. The zero-order chi connectivity index (χ0) is 17.3. The van der Waals surface area contributed by atoms with Crippen molar-refractivity contribution in [2.24, 2.45) is 0 Å². The highest BCUT2D eigenvalue weighted by Crippen LogP contribution is 2.38. The Kier molecular flexibility index (Phi) is 4.55. The molecule has 24 heavy (non-hydrogen) atoms. The highest BCUT2D eigenvalue weighted by atomic mass is 32.1. The van der Waals surface area contributed by atoms with Gasteiger partial charge in [-0.2, -0.15) is 0 Å². The number of benzene rings is 1. The van der Waals surface area contributed by atoms with Gasteiger partial charge in [0.05, 0.1) is 18.2 Å². The summed E-state index contributed by atoms with van der Waals surface area (Å²) < 4.78 is 15.9. The number of fused-ring (bicyclic) bond motifs is 1. The third kappa shape index (κ3) is 3.00. The van der Waals surface area contributed by atoms with Crippen LogP contribution in [0.15, 0.2) is 18.2 Å². The van der Waals surface area contributed by atoms with Crippen molar-refractivity contribution in [1.29, 1.82) is 0 Å². The van der Waals surface area contributed by atoms with E-state index < -0.39 is 12.3 Å². The molecule has 1 unspecified atom stereocenters. The molecule has 1 atom stereocenters. The van der Waals surface area contributed by atoms with Crippen LogP contribution in [0.3, 0.4) is 0 Å². The maximum absolute atomic E-state index is 12.0. The smallest absolute Gasteiger partial charge is 0.340 e. The number of esters is 1. The Morgan fingerprint density at radius 2 is 2.25 bits per heavy atom. The van der Waals surface area contributed by atoms with Crippen molar-refractivity contribution in [2.45, 2.75) is 26.2 Å². The van der Waals surface area contributed by atoms with Crippen molar-refractivity contribution in [1.82, 2.24) is 0 Å². The largest absolute Gasteiger partial charge is 0.492 e. The Labute approximate surface area is 142 Å². The minimum atomic E-state index is -1.27. The zero-order valence-electron chi connectivity index (χ0n) is 13.2. The quantitative estimate of drug-likeness (QED) is 0.660. The van der Waals surface area contributed by atoms with E-state index in [4.69, 9.17) is 14.2 Å². The van der Waals surface area contributed by atoms with Crippen LogP contribution in [0, 0.1) is 6.92 Å². The number of aryl methyl sites for hydroxylation is 1. The monoisotopic (exact) mass is 348 g/mol. The van der Waals surface area contributed by atoms with Gasteiger partial charge >= 0.3 is 5.97 Å². The lowest BCUT2D eigenvalue weighted by Crippen LogP contribution is -2.28. The van der Waals surface area contributed by atoms with Crippen molar-refractivity contribution in [3.8, 4) is 11.5 Å². The molecule has 0 aliphatic carbocycles. The fourth-order valence-corrected chi connectivity index (χ4v) is 3.46. The third-order valence-corrected chi connectivity index (χ3v) is 4.70. The maximum atomic E-state index is 12.0. The second kappa shape index (κ2) is 6.62. The summed E-state index contributed by atoms with van der Waals surface area (Å²) in [4.78, 5) is 25.7. The Morgan fingerprint density at radius 3 is 2.88 bits per heavy atom. The molecule has 1 aromatic heterocycles. The summed E-state index contributed by atoms with van der Waals surface area (Å²) in [5.41, 5.74) is 0.813. The number of cyclic esters (lactones) is 1. The van der Waals surface area contributed by atoms with Gasteiger partial charge in [0.25, 0.3) is 0 Å². The molecule has 0 saturated carbocycles. The Morgan fingerprint density at radius 1 is 1.46 bits per heavy atom. The molecule has 0 radical (unpaired) electrons. The van der Waals surface area contributed by atoms with Crippen LogP contribution >= 0.6 is 11.3 Å². The van der Waals surface area contributed by atoms with Crippen molar-refractivity contribution >= 4 is 23.6 Å². The van der Waals surface area contributed by atoms with Gasteiger partial charge in [0.1, 0.15) is 6.61 Å². The van der Waals surface area contributed by atoms with E-state index in [2.05, 4.69) is 0 Å². The number of carbonyl (C=O) groups is 2. The first kappa shape index (κ1) is 16.5. The number of hydrogen-bond acceptors (Lipinski definition) is 7. The van der Waals surface area contributed by atoms with Gasteiger partial charge in [-0.05, 0) is 30.7 Å². The van der Waals surface area contributed by atoms with E-state index in [0.29, 0.717) is 18.5 Å². The van der Waals surface area contributed by atoms with E-state index in [-0.39, 0.29) is 29.0 Å². The number of ether oxygens (including phenoxy) is 3. The van der Waals surface area contributed by atoms with Gasteiger partial charge in [0, 0.05) is 16.2 Å². The molecule has 7 heteroatoms. The first-order valence-corrected chi connectivity index (χ1v) is 8.11. The number of aliphatic hydroxyl groups is 1. The van der Waals surface area contributed by atoms with Gasteiger partial charge in [-0.25, -0.2) is 4.79 Å². The lowest BCUT2D eigenvalue weighted by atomic mass is 9.95. The zero-order valence-corrected chi connectivity index (χ0v) is 14.0. The van der Waals surface area contributed by atoms with E-state index in [1.807, 2.05) is 19.1 Å². The highest BCUT2D eigenvalue weighted by Gasteiger charge is 2.31. The molecular weight excluding hydrogens is 332 g/mol. The summed E-state index contributed by atoms with van der Waals surface area (Å²) in [5.74, 6) is -0.150. The standard InChI is InChI=1S/C17H16O6S/c1-9-3-4-10(24-9)8-22-14-5-12-11(6-15(19)23-17(12)20)13(7-18)16(14)21-2/h3-5,7,15,19H,6,8H2,1-2H3. The van der Waals surface area contributed by atoms with Gasteiger partial charge in [-0.3, -0.25) is 4.79 Å². The number of methoxy groups -OCH3 is 1. The molecule has 1 aliphatic heterocycles. The minimum Gasteiger partial charge on any atom is -0.492 e. The molecule has 1 aliphatic rings. The second-order valence-electron chi connectivity index (χ2n) is 5.33. The molecule has 1 aromatic carbocycles. The first-order chi connectivity index (χ1) is 11.5. The summed E-state index contributed by atoms with van der Waals surface area (Å²) in [6, 6.07) is 5.44. The summed E-state index contributed by atoms with van der Waals surface area (Å²) in [6.07, 6.45) is -0.629. The fourth-order valence-electron chi connectivity index (χ4n) is 2.66. The minimum absolute atomic E-state index is 0.0376. The Balaban J connectivity index is 2.00. The average molecular weight is 348 g/mol. The number of rotatable bonds is 5. The lowest BCUT2D eigenvalue weighted by Gasteiger charge is -2.24. The van der Waals surface area contributed by atoms with Gasteiger partial charge in [0.15, 0.2) is 17.8 Å². The van der Waals surface area contributed by atoms with Crippen LogP contribution in [-0.2, 0) is 17.8 Å². The third-order valence-electron chi connectivity index (χ3n) is 3.72. The molecule has 3 rings (SSSR count). The summed E-state index contributed by atoms with van der Waals surface area (Å²) in [7, 11) is 1.43. The van der Waals surface area contributed by atoms with Crippen molar-refractivity contribution in [3.63, 3.8) is 0 Å². The topological polar surface area (TPSA) is 82.1 Å².